The summed E-state index contributed by atoms with van der Waals surface area (Å²) < 4.78 is 9.92. The second-order valence-corrected chi connectivity index (χ2v) is 1.61. The van der Waals surface area contributed by atoms with Crippen molar-refractivity contribution >= 4 is 0 Å². The topological polar surface area (TPSA) is 21.8 Å². The molecule has 1 atom stereocenters. The molecular weight excluding hydrogens is 116 g/mol. The number of ether oxygens (including phenoxy) is 2. The lowest BCUT2D eigenvalue weighted by molar-refractivity contribution is 0.128. The number of epoxide rings is 1. The molecule has 1 aliphatic rings. The SMILES string of the molecule is C.C.CCOCC1CO1. The molecule has 58 valence electrons. The van der Waals surface area contributed by atoms with E-state index in [1.54, 1.807) is 0 Å². The van der Waals surface area contributed by atoms with Gasteiger partial charge in [0, 0.05) is 6.61 Å². The van der Waals surface area contributed by atoms with E-state index in [9.17, 15) is 0 Å². The Hall–Kier alpha value is -0.0800. The van der Waals surface area contributed by atoms with Gasteiger partial charge in [-0.2, -0.15) is 0 Å². The minimum Gasteiger partial charge on any atom is -0.379 e. The van der Waals surface area contributed by atoms with Gasteiger partial charge in [0.25, 0.3) is 0 Å². The van der Waals surface area contributed by atoms with Crippen LogP contribution in [-0.2, 0) is 9.47 Å². The van der Waals surface area contributed by atoms with Crippen molar-refractivity contribution in [2.45, 2.75) is 27.9 Å². The van der Waals surface area contributed by atoms with Crippen LogP contribution in [0.4, 0.5) is 0 Å². The maximum Gasteiger partial charge on any atom is 0.104 e. The Kier molecular flexibility index (Phi) is 7.85. The zero-order chi connectivity index (χ0) is 5.11. The minimum absolute atomic E-state index is 0. The summed E-state index contributed by atoms with van der Waals surface area (Å²) in [4.78, 5) is 0. The van der Waals surface area contributed by atoms with Gasteiger partial charge >= 0.3 is 0 Å². The predicted octanol–water partition coefficient (Wildman–Crippen LogP) is 1.69. The summed E-state index contributed by atoms with van der Waals surface area (Å²) in [6.07, 6.45) is 0.431. The Labute approximate surface area is 58.2 Å². The van der Waals surface area contributed by atoms with E-state index in [2.05, 4.69) is 0 Å². The molecule has 1 rings (SSSR count). The lowest BCUT2D eigenvalue weighted by Crippen LogP contribution is -1.99. The third-order valence-corrected chi connectivity index (χ3v) is 0.910. The maximum atomic E-state index is 5.03. The van der Waals surface area contributed by atoms with Crippen molar-refractivity contribution in [2.75, 3.05) is 19.8 Å². The van der Waals surface area contributed by atoms with Crippen LogP contribution in [0.2, 0.25) is 0 Å². The highest BCUT2D eigenvalue weighted by Gasteiger charge is 2.21. The number of hydrogen-bond acceptors (Lipinski definition) is 2. The molecule has 0 radical (unpaired) electrons. The fourth-order valence-corrected chi connectivity index (χ4v) is 0.414. The molecule has 0 N–H and O–H groups in total. The molecule has 0 bridgehead atoms. The molecule has 1 aliphatic heterocycles. The highest BCUT2D eigenvalue weighted by atomic mass is 16.6. The minimum atomic E-state index is 0. The zero-order valence-corrected chi connectivity index (χ0v) is 4.52. The van der Waals surface area contributed by atoms with E-state index in [4.69, 9.17) is 9.47 Å². The third kappa shape index (κ3) is 5.80. The molecule has 1 heterocycles. The van der Waals surface area contributed by atoms with Gasteiger partial charge in [-0.15, -0.1) is 0 Å². The molecule has 0 aromatic heterocycles. The van der Waals surface area contributed by atoms with Gasteiger partial charge in [0.2, 0.25) is 0 Å². The first-order valence-corrected chi connectivity index (χ1v) is 2.63. The molecule has 1 saturated heterocycles. The van der Waals surface area contributed by atoms with E-state index in [0.717, 1.165) is 19.8 Å². The summed E-state index contributed by atoms with van der Waals surface area (Å²) in [6.45, 7) is 4.48. The highest BCUT2D eigenvalue weighted by Crippen LogP contribution is 2.07. The summed E-state index contributed by atoms with van der Waals surface area (Å²) in [7, 11) is 0. The predicted molar refractivity (Wildman–Crippen MR) is 39.7 cm³/mol. The Morgan fingerprint density at radius 1 is 1.56 bits per heavy atom. The molecule has 0 saturated carbocycles. The largest absolute Gasteiger partial charge is 0.379 e. The van der Waals surface area contributed by atoms with Crippen LogP contribution in [0.1, 0.15) is 21.8 Å². The van der Waals surface area contributed by atoms with Crippen LogP contribution >= 0.6 is 0 Å². The molecule has 0 aromatic rings. The van der Waals surface area contributed by atoms with Gasteiger partial charge in [0.15, 0.2) is 0 Å². The molecule has 1 unspecified atom stereocenters. The van der Waals surface area contributed by atoms with Crippen molar-refractivity contribution in [2.24, 2.45) is 0 Å². The standard InChI is InChI=1S/C5H10O2.2CH4/c1-2-6-3-5-4-7-5;;/h5H,2-4H2,1H3;2*1H4. The van der Waals surface area contributed by atoms with E-state index < -0.39 is 0 Å². The van der Waals surface area contributed by atoms with Gasteiger partial charge in [0.05, 0.1) is 13.2 Å². The summed E-state index contributed by atoms with van der Waals surface area (Å²) in [5.41, 5.74) is 0. The van der Waals surface area contributed by atoms with Gasteiger partial charge in [-0.05, 0) is 6.92 Å². The third-order valence-electron chi connectivity index (χ3n) is 0.910. The van der Waals surface area contributed by atoms with Crippen molar-refractivity contribution in [3.8, 4) is 0 Å². The first-order valence-electron chi connectivity index (χ1n) is 2.63. The van der Waals surface area contributed by atoms with Crippen LogP contribution in [0.15, 0.2) is 0 Å². The second kappa shape index (κ2) is 6.05. The Balaban J connectivity index is 0. The average molecular weight is 134 g/mol. The van der Waals surface area contributed by atoms with Crippen molar-refractivity contribution < 1.29 is 9.47 Å². The van der Waals surface area contributed by atoms with Crippen molar-refractivity contribution in [3.63, 3.8) is 0 Å². The van der Waals surface area contributed by atoms with Crippen LogP contribution in [0.3, 0.4) is 0 Å². The Bertz CT molecular complexity index is 50.9. The number of hydrogen-bond donors (Lipinski definition) is 0. The van der Waals surface area contributed by atoms with Gasteiger partial charge in [-0.3, -0.25) is 0 Å². The zero-order valence-electron chi connectivity index (χ0n) is 4.52. The quantitative estimate of drug-likeness (QED) is 0.548. The van der Waals surface area contributed by atoms with E-state index in [1.807, 2.05) is 6.92 Å². The summed E-state index contributed by atoms with van der Waals surface area (Å²) >= 11 is 0. The van der Waals surface area contributed by atoms with E-state index in [-0.39, 0.29) is 14.9 Å². The summed E-state index contributed by atoms with van der Waals surface area (Å²) in [6, 6.07) is 0. The normalized spacial score (nSPS) is 21.7. The molecule has 2 nitrogen and oxygen atoms in total. The van der Waals surface area contributed by atoms with E-state index >= 15 is 0 Å². The first kappa shape index (κ1) is 11.7. The summed E-state index contributed by atoms with van der Waals surface area (Å²) in [5.74, 6) is 0. The maximum absolute atomic E-state index is 5.03. The highest BCUT2D eigenvalue weighted by molar-refractivity contribution is 4.66. The molecule has 0 aliphatic carbocycles. The van der Waals surface area contributed by atoms with Gasteiger partial charge in [0.1, 0.15) is 6.10 Å². The monoisotopic (exact) mass is 134 g/mol. The fourth-order valence-electron chi connectivity index (χ4n) is 0.414. The lowest BCUT2D eigenvalue weighted by Gasteiger charge is -1.91. The van der Waals surface area contributed by atoms with Crippen molar-refractivity contribution in [1.82, 2.24) is 0 Å². The van der Waals surface area contributed by atoms with Gasteiger partial charge < -0.3 is 9.47 Å². The summed E-state index contributed by atoms with van der Waals surface area (Å²) in [5, 5.41) is 0. The first-order chi connectivity index (χ1) is 3.43. The van der Waals surface area contributed by atoms with Crippen LogP contribution in [0.5, 0.6) is 0 Å². The van der Waals surface area contributed by atoms with Crippen molar-refractivity contribution in [3.05, 3.63) is 0 Å². The van der Waals surface area contributed by atoms with Crippen molar-refractivity contribution in [1.29, 1.82) is 0 Å². The van der Waals surface area contributed by atoms with Gasteiger partial charge in [-0.1, -0.05) is 14.9 Å². The van der Waals surface area contributed by atoms with Gasteiger partial charge in [-0.25, -0.2) is 0 Å². The lowest BCUT2D eigenvalue weighted by atomic mass is 10.5. The van der Waals surface area contributed by atoms with Crippen LogP contribution in [0, 0.1) is 0 Å². The molecule has 0 spiro atoms. The Morgan fingerprint density at radius 3 is 2.44 bits per heavy atom. The average Bonchev–Trinajstić information content (AvgIpc) is 2.42. The molecule has 0 amide bonds. The Morgan fingerprint density at radius 2 is 2.11 bits per heavy atom. The van der Waals surface area contributed by atoms with E-state index in [1.165, 1.54) is 0 Å². The second-order valence-electron chi connectivity index (χ2n) is 1.61. The molecule has 0 aromatic carbocycles. The van der Waals surface area contributed by atoms with Crippen LogP contribution in [0.25, 0.3) is 0 Å². The smallest absolute Gasteiger partial charge is 0.104 e. The molecule has 2 heteroatoms. The van der Waals surface area contributed by atoms with Crippen LogP contribution < -0.4 is 0 Å². The fraction of sp³-hybridized carbons (Fsp3) is 1.00. The molecule has 1 fully saturated rings. The van der Waals surface area contributed by atoms with Crippen LogP contribution in [-0.4, -0.2) is 25.9 Å². The van der Waals surface area contributed by atoms with E-state index in [0.29, 0.717) is 6.10 Å². The molecule has 9 heavy (non-hydrogen) atoms. The molecular formula is C7H18O2. The number of rotatable bonds is 3.